The van der Waals surface area contributed by atoms with E-state index in [4.69, 9.17) is 9.47 Å². The Labute approximate surface area is 167 Å². The highest BCUT2D eigenvalue weighted by Crippen LogP contribution is 2.25. The molecule has 0 unspecified atom stereocenters. The molecule has 0 radical (unpaired) electrons. The number of methoxy groups -OCH3 is 2. The number of nitrogens with zero attached hydrogens (tertiary/aromatic N) is 3. The maximum Gasteiger partial charge on any atom is 0.273 e. The first-order valence-corrected chi connectivity index (χ1v) is 9.19. The van der Waals surface area contributed by atoms with Gasteiger partial charge in [-0.05, 0) is 37.1 Å². The van der Waals surface area contributed by atoms with E-state index in [9.17, 15) is 9.59 Å². The third-order valence-electron chi connectivity index (χ3n) is 4.28. The van der Waals surface area contributed by atoms with Crippen molar-refractivity contribution in [1.29, 1.82) is 0 Å². The average molecular weight is 397 g/mol. The number of hydrogen-bond acceptors (Lipinski definition) is 6. The first-order chi connectivity index (χ1) is 14.1. The van der Waals surface area contributed by atoms with Crippen molar-refractivity contribution in [3.63, 3.8) is 0 Å². The van der Waals surface area contributed by atoms with E-state index in [1.54, 1.807) is 37.6 Å². The molecule has 3 heterocycles. The van der Waals surface area contributed by atoms with Gasteiger partial charge in [-0.2, -0.15) is 0 Å². The van der Waals surface area contributed by atoms with Crippen LogP contribution in [0.1, 0.15) is 23.2 Å². The second-order valence-corrected chi connectivity index (χ2v) is 6.26. The highest BCUT2D eigenvalue weighted by molar-refractivity contribution is 5.93. The number of unbranched alkanes of at least 4 members (excludes halogenated alkanes) is 1. The normalized spacial score (nSPS) is 10.7. The zero-order valence-electron chi connectivity index (χ0n) is 16.3. The molecular weight excluding hydrogens is 374 g/mol. The van der Waals surface area contributed by atoms with E-state index in [1.807, 2.05) is 0 Å². The fourth-order valence-electron chi connectivity index (χ4n) is 2.79. The molecule has 0 bridgehead atoms. The monoisotopic (exact) mass is 397 g/mol. The summed E-state index contributed by atoms with van der Waals surface area (Å²) in [4.78, 5) is 33.0. The van der Waals surface area contributed by atoms with E-state index in [2.05, 4.69) is 20.4 Å². The van der Waals surface area contributed by atoms with Crippen molar-refractivity contribution in [3.05, 3.63) is 58.6 Å². The number of pyridine rings is 2. The fraction of sp³-hybridized carbons (Fsp3) is 0.300. The first kappa shape index (κ1) is 20.3. The maximum atomic E-state index is 12.4. The summed E-state index contributed by atoms with van der Waals surface area (Å²) >= 11 is 0. The van der Waals surface area contributed by atoms with Crippen LogP contribution in [0.15, 0.2) is 47.5 Å². The molecular formula is C20H23N5O4. The van der Waals surface area contributed by atoms with Gasteiger partial charge in [0.25, 0.3) is 11.5 Å². The summed E-state index contributed by atoms with van der Waals surface area (Å²) in [6, 6.07) is 8.25. The van der Waals surface area contributed by atoms with Crippen LogP contribution in [-0.4, -0.2) is 53.0 Å². The molecule has 2 N–H and O–H groups in total. The first-order valence-electron chi connectivity index (χ1n) is 9.19. The number of rotatable bonds is 9. The standard InChI is InChI=1S/C20H23N5O4/c1-28-11-4-3-9-21-19(27)14-7-8-17(23-13-14)25-18(26)12-16(24-25)15-6-5-10-22-20(15)29-2/h5-8,10,12-13,24H,3-4,9,11H2,1-2H3,(H,21,27). The Kier molecular flexibility index (Phi) is 6.75. The van der Waals surface area contributed by atoms with E-state index in [0.29, 0.717) is 41.7 Å². The minimum absolute atomic E-state index is 0.207. The number of carbonyl (C=O) groups is 1. The van der Waals surface area contributed by atoms with Gasteiger partial charge in [0.15, 0.2) is 5.82 Å². The summed E-state index contributed by atoms with van der Waals surface area (Å²) in [5.41, 5.74) is 1.36. The molecule has 0 spiro atoms. The molecule has 0 aromatic carbocycles. The van der Waals surface area contributed by atoms with Gasteiger partial charge in [0.05, 0.1) is 23.9 Å². The Morgan fingerprint density at radius 3 is 2.79 bits per heavy atom. The summed E-state index contributed by atoms with van der Waals surface area (Å²) in [5, 5.41) is 5.84. The molecule has 1 amide bonds. The van der Waals surface area contributed by atoms with Gasteiger partial charge in [-0.3, -0.25) is 14.7 Å². The molecule has 0 saturated heterocycles. The summed E-state index contributed by atoms with van der Waals surface area (Å²) in [5.74, 6) is 0.577. The lowest BCUT2D eigenvalue weighted by Gasteiger charge is -2.07. The predicted octanol–water partition coefficient (Wildman–Crippen LogP) is 1.79. The number of H-pyrrole nitrogens is 1. The van der Waals surface area contributed by atoms with Crippen LogP contribution in [0, 0.1) is 0 Å². The SMILES string of the molecule is COCCCCNC(=O)c1ccc(-n2[nH]c(-c3cccnc3OC)cc2=O)nc1. The van der Waals surface area contributed by atoms with E-state index < -0.39 is 0 Å². The minimum atomic E-state index is -0.284. The minimum Gasteiger partial charge on any atom is -0.481 e. The third-order valence-corrected chi connectivity index (χ3v) is 4.28. The van der Waals surface area contributed by atoms with Gasteiger partial charge < -0.3 is 14.8 Å². The molecule has 0 fully saturated rings. The summed E-state index contributed by atoms with van der Waals surface area (Å²) < 4.78 is 11.5. The number of nitrogens with one attached hydrogen (secondary N) is 2. The molecule has 0 aliphatic carbocycles. The number of amides is 1. The molecule has 3 aromatic heterocycles. The molecule has 9 nitrogen and oxygen atoms in total. The van der Waals surface area contributed by atoms with Crippen LogP contribution in [0.2, 0.25) is 0 Å². The quantitative estimate of drug-likeness (QED) is 0.533. The highest BCUT2D eigenvalue weighted by atomic mass is 16.5. The lowest BCUT2D eigenvalue weighted by Crippen LogP contribution is -2.25. The van der Waals surface area contributed by atoms with Crippen molar-refractivity contribution in [2.24, 2.45) is 0 Å². The van der Waals surface area contributed by atoms with Crippen molar-refractivity contribution in [2.75, 3.05) is 27.4 Å². The van der Waals surface area contributed by atoms with Crippen LogP contribution in [0.3, 0.4) is 0 Å². The van der Waals surface area contributed by atoms with Gasteiger partial charge in [0, 0.05) is 38.7 Å². The van der Waals surface area contributed by atoms with Gasteiger partial charge in [-0.25, -0.2) is 14.6 Å². The lowest BCUT2D eigenvalue weighted by molar-refractivity contribution is 0.0951. The number of aromatic amines is 1. The van der Waals surface area contributed by atoms with E-state index >= 15 is 0 Å². The van der Waals surface area contributed by atoms with Gasteiger partial charge in [0.2, 0.25) is 5.88 Å². The average Bonchev–Trinajstić information content (AvgIpc) is 3.15. The molecule has 9 heteroatoms. The van der Waals surface area contributed by atoms with Crippen molar-refractivity contribution in [2.45, 2.75) is 12.8 Å². The summed E-state index contributed by atoms with van der Waals surface area (Å²) in [6.07, 6.45) is 4.77. The second kappa shape index (κ2) is 9.65. The largest absolute Gasteiger partial charge is 0.481 e. The molecule has 3 aromatic rings. The number of carbonyl (C=O) groups excluding carboxylic acids is 1. The van der Waals surface area contributed by atoms with E-state index in [-0.39, 0.29) is 11.5 Å². The van der Waals surface area contributed by atoms with Crippen LogP contribution in [-0.2, 0) is 4.74 Å². The lowest BCUT2D eigenvalue weighted by atomic mass is 10.2. The molecule has 0 atom stereocenters. The second-order valence-electron chi connectivity index (χ2n) is 6.26. The molecule has 29 heavy (non-hydrogen) atoms. The Hall–Kier alpha value is -3.46. The van der Waals surface area contributed by atoms with Crippen molar-refractivity contribution in [1.82, 2.24) is 25.1 Å². The van der Waals surface area contributed by atoms with E-state index in [0.717, 1.165) is 12.8 Å². The number of aromatic nitrogens is 4. The van der Waals surface area contributed by atoms with E-state index in [1.165, 1.54) is 24.1 Å². The smallest absolute Gasteiger partial charge is 0.273 e. The van der Waals surface area contributed by atoms with Crippen LogP contribution in [0.5, 0.6) is 5.88 Å². The van der Waals surface area contributed by atoms with Gasteiger partial charge in [-0.15, -0.1) is 0 Å². The molecule has 0 aliphatic heterocycles. The summed E-state index contributed by atoms with van der Waals surface area (Å²) in [6.45, 7) is 1.24. The van der Waals surface area contributed by atoms with Gasteiger partial charge in [-0.1, -0.05) is 0 Å². The zero-order chi connectivity index (χ0) is 20.6. The summed E-state index contributed by atoms with van der Waals surface area (Å²) in [7, 11) is 3.17. The Bertz CT molecular complexity index is 1010. The van der Waals surface area contributed by atoms with Crippen LogP contribution < -0.4 is 15.6 Å². The fourth-order valence-corrected chi connectivity index (χ4v) is 2.79. The number of ether oxygens (including phenoxy) is 2. The van der Waals surface area contributed by atoms with Crippen molar-refractivity contribution >= 4 is 5.91 Å². The van der Waals surface area contributed by atoms with Crippen molar-refractivity contribution < 1.29 is 14.3 Å². The maximum absolute atomic E-state index is 12.4. The predicted molar refractivity (Wildman–Crippen MR) is 107 cm³/mol. The van der Waals surface area contributed by atoms with Crippen LogP contribution in [0.25, 0.3) is 17.1 Å². The molecule has 3 rings (SSSR count). The van der Waals surface area contributed by atoms with Gasteiger partial charge >= 0.3 is 0 Å². The highest BCUT2D eigenvalue weighted by Gasteiger charge is 2.13. The molecule has 152 valence electrons. The Balaban J connectivity index is 1.73. The van der Waals surface area contributed by atoms with Gasteiger partial charge in [0.1, 0.15) is 0 Å². The van der Waals surface area contributed by atoms with Crippen LogP contribution >= 0.6 is 0 Å². The molecule has 0 aliphatic rings. The number of hydrogen-bond donors (Lipinski definition) is 2. The molecule has 0 saturated carbocycles. The topological polar surface area (TPSA) is 111 Å². The zero-order valence-corrected chi connectivity index (χ0v) is 16.3. The Morgan fingerprint density at radius 2 is 2.07 bits per heavy atom. The third kappa shape index (κ3) is 4.88. The van der Waals surface area contributed by atoms with Crippen molar-refractivity contribution in [3.8, 4) is 23.0 Å². The Morgan fingerprint density at radius 1 is 1.21 bits per heavy atom. The van der Waals surface area contributed by atoms with Crippen LogP contribution in [0.4, 0.5) is 0 Å².